The zero-order valence-electron chi connectivity index (χ0n) is 8.91. The van der Waals surface area contributed by atoms with Crippen LogP contribution in [0.1, 0.15) is 19.3 Å². The second-order valence-electron chi connectivity index (χ2n) is 4.43. The highest BCUT2D eigenvalue weighted by Crippen LogP contribution is 2.39. The summed E-state index contributed by atoms with van der Waals surface area (Å²) in [5, 5.41) is 11.5. The van der Waals surface area contributed by atoms with Gasteiger partial charge >= 0.3 is 0 Å². The summed E-state index contributed by atoms with van der Waals surface area (Å²) in [5.74, 6) is -0.963. The van der Waals surface area contributed by atoms with Crippen LogP contribution in [0.4, 0.5) is 4.39 Å². The van der Waals surface area contributed by atoms with Gasteiger partial charge < -0.3 is 15.3 Å². The number of aliphatic hydroxyl groups excluding tert-OH is 1. The van der Waals surface area contributed by atoms with Crippen LogP contribution in [0.25, 0.3) is 0 Å². The number of likely N-dealkylation sites (tertiary alicyclic amines) is 1. The van der Waals surface area contributed by atoms with Crippen molar-refractivity contribution < 1.29 is 19.1 Å². The van der Waals surface area contributed by atoms with Crippen LogP contribution in [0.15, 0.2) is 0 Å². The van der Waals surface area contributed by atoms with Crippen LogP contribution < -0.4 is 5.32 Å². The summed E-state index contributed by atoms with van der Waals surface area (Å²) < 4.78 is 13.2. The number of amides is 2. The smallest absolute Gasteiger partial charge is 0.258 e. The average Bonchev–Trinajstić information content (AvgIpc) is 2.85. The Balaban J connectivity index is 1.73. The summed E-state index contributed by atoms with van der Waals surface area (Å²) in [7, 11) is 0. The molecule has 0 spiro atoms. The van der Waals surface area contributed by atoms with Gasteiger partial charge in [0.2, 0.25) is 5.91 Å². The first kappa shape index (κ1) is 11.3. The highest BCUT2D eigenvalue weighted by Gasteiger charge is 2.50. The fourth-order valence-corrected chi connectivity index (χ4v) is 1.73. The van der Waals surface area contributed by atoms with Crippen LogP contribution in [0, 0.1) is 0 Å². The van der Waals surface area contributed by atoms with Crippen molar-refractivity contribution in [2.75, 3.05) is 19.6 Å². The van der Waals surface area contributed by atoms with Crippen LogP contribution in [-0.2, 0) is 9.59 Å². The summed E-state index contributed by atoms with van der Waals surface area (Å²) in [6, 6.07) is 0. The first-order valence-electron chi connectivity index (χ1n) is 5.44. The molecular weight excluding hydrogens is 215 g/mol. The van der Waals surface area contributed by atoms with Crippen molar-refractivity contribution in [3.63, 3.8) is 0 Å². The fraction of sp³-hybridized carbons (Fsp3) is 0.800. The predicted octanol–water partition coefficient (Wildman–Crippen LogP) is -0.802. The zero-order valence-corrected chi connectivity index (χ0v) is 8.91. The second kappa shape index (κ2) is 4.01. The number of aliphatic hydroxyl groups is 1. The third-order valence-electron chi connectivity index (χ3n) is 3.01. The fourth-order valence-electron chi connectivity index (χ4n) is 1.73. The van der Waals surface area contributed by atoms with E-state index in [1.54, 1.807) is 0 Å². The van der Waals surface area contributed by atoms with Gasteiger partial charge in [0.1, 0.15) is 0 Å². The first-order chi connectivity index (χ1) is 7.51. The van der Waals surface area contributed by atoms with Gasteiger partial charge in [0.05, 0.1) is 12.6 Å². The summed E-state index contributed by atoms with van der Waals surface area (Å²) in [4.78, 5) is 24.2. The van der Waals surface area contributed by atoms with Gasteiger partial charge in [-0.2, -0.15) is 0 Å². The monoisotopic (exact) mass is 230 g/mol. The standard InChI is InChI=1S/C10H15FN2O3/c11-10(2-3-10)9(16)12-5-8(15)13-4-1-7(14)6-13/h7,14H,1-6H2,(H,12,16). The lowest BCUT2D eigenvalue weighted by atomic mass is 10.3. The number of hydrogen-bond donors (Lipinski definition) is 2. The SMILES string of the molecule is O=C(CNC(=O)C1(F)CC1)N1CCC(O)C1. The molecule has 2 aliphatic rings. The molecular formula is C10H15FN2O3. The lowest BCUT2D eigenvalue weighted by molar-refractivity contribution is -0.134. The summed E-state index contributed by atoms with van der Waals surface area (Å²) in [5.41, 5.74) is -1.73. The predicted molar refractivity (Wildman–Crippen MR) is 53.3 cm³/mol. The number of carbonyl (C=O) groups excluding carboxylic acids is 2. The van der Waals surface area contributed by atoms with Gasteiger partial charge in [-0.05, 0) is 19.3 Å². The number of β-amino-alcohol motifs (C(OH)–C–C–N with tert-alkyl or cyclic N) is 1. The van der Waals surface area contributed by atoms with Crippen LogP contribution in [0.5, 0.6) is 0 Å². The van der Waals surface area contributed by atoms with Crippen molar-refractivity contribution >= 4 is 11.8 Å². The van der Waals surface area contributed by atoms with Gasteiger partial charge in [-0.15, -0.1) is 0 Å². The number of hydrogen-bond acceptors (Lipinski definition) is 3. The molecule has 1 aliphatic carbocycles. The number of halogens is 1. The molecule has 2 amide bonds. The van der Waals surface area contributed by atoms with E-state index in [9.17, 15) is 19.1 Å². The lowest BCUT2D eigenvalue weighted by Gasteiger charge is -2.16. The molecule has 2 fully saturated rings. The molecule has 0 aromatic heterocycles. The van der Waals surface area contributed by atoms with E-state index in [1.165, 1.54) is 4.90 Å². The number of alkyl halides is 1. The molecule has 16 heavy (non-hydrogen) atoms. The first-order valence-corrected chi connectivity index (χ1v) is 5.44. The van der Waals surface area contributed by atoms with E-state index >= 15 is 0 Å². The van der Waals surface area contributed by atoms with Crippen molar-refractivity contribution in [3.05, 3.63) is 0 Å². The molecule has 0 radical (unpaired) electrons. The quantitative estimate of drug-likeness (QED) is 0.666. The molecule has 1 saturated carbocycles. The molecule has 1 saturated heterocycles. The number of nitrogens with one attached hydrogen (secondary N) is 1. The van der Waals surface area contributed by atoms with Gasteiger partial charge in [-0.25, -0.2) is 4.39 Å². The van der Waals surface area contributed by atoms with Crippen molar-refractivity contribution in [3.8, 4) is 0 Å². The van der Waals surface area contributed by atoms with Gasteiger partial charge in [0.25, 0.3) is 5.91 Å². The maximum Gasteiger partial charge on any atom is 0.258 e. The summed E-state index contributed by atoms with van der Waals surface area (Å²) in [6.07, 6.45) is 0.577. The maximum absolute atomic E-state index is 13.2. The summed E-state index contributed by atoms with van der Waals surface area (Å²) in [6.45, 7) is 0.614. The highest BCUT2D eigenvalue weighted by molar-refractivity contribution is 5.91. The van der Waals surface area contributed by atoms with Crippen LogP contribution >= 0.6 is 0 Å². The molecule has 5 nitrogen and oxygen atoms in total. The lowest BCUT2D eigenvalue weighted by Crippen LogP contribution is -2.42. The van der Waals surface area contributed by atoms with Gasteiger partial charge in [-0.1, -0.05) is 0 Å². The molecule has 1 unspecified atom stereocenters. The Labute approximate surface area is 92.6 Å². The van der Waals surface area contributed by atoms with Crippen LogP contribution in [-0.4, -0.2) is 53.2 Å². The molecule has 2 N–H and O–H groups in total. The van der Waals surface area contributed by atoms with Crippen molar-refractivity contribution in [2.24, 2.45) is 0 Å². The maximum atomic E-state index is 13.2. The Hall–Kier alpha value is -1.17. The normalized spacial score (nSPS) is 26.6. The molecule has 1 aliphatic heterocycles. The van der Waals surface area contributed by atoms with E-state index in [4.69, 9.17) is 0 Å². The minimum absolute atomic E-state index is 0.183. The number of nitrogens with zero attached hydrogens (tertiary/aromatic N) is 1. The Morgan fingerprint density at radius 1 is 1.50 bits per heavy atom. The van der Waals surface area contributed by atoms with Crippen molar-refractivity contribution in [1.82, 2.24) is 10.2 Å². The number of carbonyl (C=O) groups is 2. The zero-order chi connectivity index (χ0) is 11.8. The topological polar surface area (TPSA) is 69.6 Å². The van der Waals surface area contributed by atoms with Gasteiger partial charge in [-0.3, -0.25) is 9.59 Å². The molecule has 1 heterocycles. The average molecular weight is 230 g/mol. The minimum Gasteiger partial charge on any atom is -0.391 e. The molecule has 0 aromatic carbocycles. The Morgan fingerprint density at radius 2 is 2.19 bits per heavy atom. The van der Waals surface area contributed by atoms with E-state index in [0.29, 0.717) is 19.5 Å². The van der Waals surface area contributed by atoms with Crippen LogP contribution in [0.2, 0.25) is 0 Å². The highest BCUT2D eigenvalue weighted by atomic mass is 19.1. The molecule has 0 aromatic rings. The minimum atomic E-state index is -1.73. The van der Waals surface area contributed by atoms with E-state index in [1.807, 2.05) is 0 Å². The molecule has 0 bridgehead atoms. The van der Waals surface area contributed by atoms with E-state index in [0.717, 1.165) is 0 Å². The van der Waals surface area contributed by atoms with Crippen LogP contribution in [0.3, 0.4) is 0 Å². The van der Waals surface area contributed by atoms with Crippen molar-refractivity contribution in [2.45, 2.75) is 31.0 Å². The Bertz CT molecular complexity index is 317. The molecule has 90 valence electrons. The van der Waals surface area contributed by atoms with E-state index in [2.05, 4.69) is 5.32 Å². The molecule has 2 rings (SSSR count). The molecule has 1 atom stereocenters. The van der Waals surface area contributed by atoms with Gasteiger partial charge in [0.15, 0.2) is 5.67 Å². The molecule has 6 heteroatoms. The van der Waals surface area contributed by atoms with Crippen molar-refractivity contribution in [1.29, 1.82) is 0 Å². The third-order valence-corrected chi connectivity index (χ3v) is 3.01. The third kappa shape index (κ3) is 2.32. The Morgan fingerprint density at radius 3 is 2.69 bits per heavy atom. The van der Waals surface area contributed by atoms with E-state index < -0.39 is 17.7 Å². The van der Waals surface area contributed by atoms with Gasteiger partial charge in [0, 0.05) is 13.1 Å². The largest absolute Gasteiger partial charge is 0.391 e. The Kier molecular flexibility index (Phi) is 2.84. The second-order valence-corrected chi connectivity index (χ2v) is 4.43. The summed E-state index contributed by atoms with van der Waals surface area (Å²) >= 11 is 0. The number of rotatable bonds is 3. The van der Waals surface area contributed by atoms with E-state index in [-0.39, 0.29) is 25.3 Å².